The van der Waals surface area contributed by atoms with Crippen LogP contribution in [0.5, 0.6) is 0 Å². The van der Waals surface area contributed by atoms with Crippen molar-refractivity contribution in [3.63, 3.8) is 0 Å². The van der Waals surface area contributed by atoms with E-state index in [1.165, 1.54) is 5.56 Å². The Hall–Kier alpha value is -0.840. The first kappa shape index (κ1) is 16.5. The summed E-state index contributed by atoms with van der Waals surface area (Å²) in [5.74, 6) is 2.09. The van der Waals surface area contributed by atoms with Crippen molar-refractivity contribution in [2.45, 2.75) is 65.8 Å². The summed E-state index contributed by atoms with van der Waals surface area (Å²) in [7, 11) is 0. The molecule has 0 radical (unpaired) electrons. The fourth-order valence-electron chi connectivity index (χ4n) is 2.59. The lowest BCUT2D eigenvalue weighted by Gasteiger charge is -2.31. The van der Waals surface area contributed by atoms with Gasteiger partial charge < -0.3 is 14.5 Å². The minimum absolute atomic E-state index is 0.127. The third kappa shape index (κ3) is 5.13. The molecule has 0 amide bonds. The average molecular weight is 294 g/mol. The highest BCUT2D eigenvalue weighted by Crippen LogP contribution is 2.19. The molecule has 0 saturated carbocycles. The summed E-state index contributed by atoms with van der Waals surface area (Å²) in [5, 5.41) is 3.52. The van der Waals surface area contributed by atoms with Crippen molar-refractivity contribution in [2.75, 3.05) is 19.7 Å². The van der Waals surface area contributed by atoms with Gasteiger partial charge in [0.1, 0.15) is 11.5 Å². The minimum atomic E-state index is 0.127. The molecule has 4 heteroatoms. The van der Waals surface area contributed by atoms with Gasteiger partial charge in [-0.3, -0.25) is 4.90 Å². The molecular weight excluding hydrogens is 264 g/mol. The van der Waals surface area contributed by atoms with Crippen LogP contribution < -0.4 is 5.32 Å². The largest absolute Gasteiger partial charge is 0.465 e. The number of ether oxygens (including phenoxy) is 1. The van der Waals surface area contributed by atoms with Crippen LogP contribution in [0, 0.1) is 6.92 Å². The fourth-order valence-corrected chi connectivity index (χ4v) is 2.59. The average Bonchev–Trinajstić information content (AvgIpc) is 2.76. The van der Waals surface area contributed by atoms with Crippen LogP contribution >= 0.6 is 0 Å². The molecule has 0 aromatic carbocycles. The molecule has 1 atom stereocenters. The Morgan fingerprint density at radius 2 is 2.14 bits per heavy atom. The molecule has 1 unspecified atom stereocenters. The van der Waals surface area contributed by atoms with Gasteiger partial charge in [0, 0.05) is 30.7 Å². The molecule has 4 nitrogen and oxygen atoms in total. The summed E-state index contributed by atoms with van der Waals surface area (Å²) in [6, 6.07) is 2.20. The molecule has 1 aromatic rings. The van der Waals surface area contributed by atoms with E-state index >= 15 is 0 Å². The van der Waals surface area contributed by atoms with Gasteiger partial charge in [-0.1, -0.05) is 6.92 Å². The zero-order valence-corrected chi connectivity index (χ0v) is 14.2. The highest BCUT2D eigenvalue weighted by molar-refractivity contribution is 5.21. The second-order valence-corrected chi connectivity index (χ2v) is 7.03. The number of furan rings is 1. The predicted octanol–water partition coefficient (Wildman–Crippen LogP) is 3.09. The first-order chi connectivity index (χ1) is 9.87. The van der Waals surface area contributed by atoms with E-state index in [1.807, 2.05) is 0 Å². The maximum atomic E-state index is 5.93. The monoisotopic (exact) mass is 294 g/mol. The van der Waals surface area contributed by atoms with Crippen molar-refractivity contribution >= 4 is 0 Å². The van der Waals surface area contributed by atoms with Crippen LogP contribution in [0.4, 0.5) is 0 Å². The molecular formula is C17H30N2O2. The summed E-state index contributed by atoms with van der Waals surface area (Å²) < 4.78 is 11.6. The molecule has 0 spiro atoms. The number of rotatable bonds is 5. The Labute approximate surface area is 128 Å². The molecule has 1 aliphatic heterocycles. The number of morpholine rings is 1. The molecule has 21 heavy (non-hydrogen) atoms. The van der Waals surface area contributed by atoms with Crippen molar-refractivity contribution in [1.82, 2.24) is 10.2 Å². The van der Waals surface area contributed by atoms with Crippen LogP contribution in [0.1, 0.15) is 51.2 Å². The first-order valence-corrected chi connectivity index (χ1v) is 8.04. The van der Waals surface area contributed by atoms with E-state index in [-0.39, 0.29) is 5.54 Å². The van der Waals surface area contributed by atoms with Gasteiger partial charge in [0.2, 0.25) is 0 Å². The van der Waals surface area contributed by atoms with Gasteiger partial charge in [-0.15, -0.1) is 0 Å². The highest BCUT2D eigenvalue weighted by atomic mass is 16.5. The van der Waals surface area contributed by atoms with Crippen LogP contribution in [0.15, 0.2) is 10.5 Å². The molecule has 1 fully saturated rings. The quantitative estimate of drug-likeness (QED) is 0.905. The third-order valence-corrected chi connectivity index (χ3v) is 3.94. The first-order valence-electron chi connectivity index (χ1n) is 8.04. The number of hydrogen-bond donors (Lipinski definition) is 1. The van der Waals surface area contributed by atoms with Crippen molar-refractivity contribution in [3.8, 4) is 0 Å². The number of aryl methyl sites for hydroxylation is 1. The Morgan fingerprint density at radius 3 is 2.81 bits per heavy atom. The van der Waals surface area contributed by atoms with Gasteiger partial charge in [-0.05, 0) is 40.2 Å². The van der Waals surface area contributed by atoms with E-state index in [2.05, 4.69) is 50.9 Å². The van der Waals surface area contributed by atoms with Crippen molar-refractivity contribution < 1.29 is 9.15 Å². The van der Waals surface area contributed by atoms with Crippen LogP contribution in [0.2, 0.25) is 0 Å². The summed E-state index contributed by atoms with van der Waals surface area (Å²) >= 11 is 0. The minimum Gasteiger partial charge on any atom is -0.465 e. The van der Waals surface area contributed by atoms with E-state index in [0.717, 1.165) is 50.7 Å². The fraction of sp³-hybridized carbons (Fsp3) is 0.765. The van der Waals surface area contributed by atoms with Gasteiger partial charge in [0.05, 0.1) is 19.3 Å². The molecule has 1 N–H and O–H groups in total. The molecule has 0 bridgehead atoms. The standard InChI is InChI=1S/C17H30N2O2/c1-6-15-11-19(7-8-20-15)12-16-9-14(13(2)21-16)10-18-17(3,4)5/h9,15,18H,6-8,10-12H2,1-5H3. The summed E-state index contributed by atoms with van der Waals surface area (Å²) in [4.78, 5) is 2.43. The Balaban J connectivity index is 1.92. The van der Waals surface area contributed by atoms with Gasteiger partial charge in [0.15, 0.2) is 0 Å². The maximum absolute atomic E-state index is 5.93. The third-order valence-electron chi connectivity index (χ3n) is 3.94. The lowest BCUT2D eigenvalue weighted by molar-refractivity contribution is -0.0342. The lowest BCUT2D eigenvalue weighted by atomic mass is 10.1. The van der Waals surface area contributed by atoms with Crippen LogP contribution in [0.25, 0.3) is 0 Å². The van der Waals surface area contributed by atoms with Crippen LogP contribution in [-0.2, 0) is 17.8 Å². The zero-order valence-electron chi connectivity index (χ0n) is 14.2. The van der Waals surface area contributed by atoms with Gasteiger partial charge in [-0.2, -0.15) is 0 Å². The van der Waals surface area contributed by atoms with Crippen LogP contribution in [-0.4, -0.2) is 36.2 Å². The van der Waals surface area contributed by atoms with Gasteiger partial charge in [-0.25, -0.2) is 0 Å². The van der Waals surface area contributed by atoms with E-state index in [1.54, 1.807) is 0 Å². The molecule has 2 rings (SSSR count). The molecule has 1 aromatic heterocycles. The molecule has 1 saturated heterocycles. The van der Waals surface area contributed by atoms with E-state index < -0.39 is 0 Å². The maximum Gasteiger partial charge on any atom is 0.118 e. The SMILES string of the molecule is CCC1CN(Cc2cc(CNC(C)(C)C)c(C)o2)CCO1. The van der Waals surface area contributed by atoms with Crippen molar-refractivity contribution in [1.29, 1.82) is 0 Å². The summed E-state index contributed by atoms with van der Waals surface area (Å²) in [6.07, 6.45) is 1.45. The van der Waals surface area contributed by atoms with Gasteiger partial charge in [0.25, 0.3) is 0 Å². The Bertz CT molecular complexity index is 448. The second-order valence-electron chi connectivity index (χ2n) is 7.03. The van der Waals surface area contributed by atoms with Crippen LogP contribution in [0.3, 0.4) is 0 Å². The summed E-state index contributed by atoms with van der Waals surface area (Å²) in [5.41, 5.74) is 1.39. The molecule has 0 aliphatic carbocycles. The van der Waals surface area contributed by atoms with E-state index in [4.69, 9.17) is 9.15 Å². The predicted molar refractivity (Wildman–Crippen MR) is 85.3 cm³/mol. The van der Waals surface area contributed by atoms with E-state index in [0.29, 0.717) is 6.10 Å². The Kier molecular flexibility index (Phi) is 5.47. The molecule has 1 aliphatic rings. The Morgan fingerprint density at radius 1 is 1.38 bits per heavy atom. The van der Waals surface area contributed by atoms with Crippen molar-refractivity contribution in [2.24, 2.45) is 0 Å². The number of nitrogens with zero attached hydrogens (tertiary/aromatic N) is 1. The molecule has 120 valence electrons. The topological polar surface area (TPSA) is 37.6 Å². The normalized spacial score (nSPS) is 20.9. The zero-order chi connectivity index (χ0) is 15.5. The summed E-state index contributed by atoms with van der Waals surface area (Å²) in [6.45, 7) is 15.4. The number of nitrogens with one attached hydrogen (secondary N) is 1. The lowest BCUT2D eigenvalue weighted by Crippen LogP contribution is -2.41. The smallest absolute Gasteiger partial charge is 0.118 e. The van der Waals surface area contributed by atoms with E-state index in [9.17, 15) is 0 Å². The number of hydrogen-bond acceptors (Lipinski definition) is 4. The van der Waals surface area contributed by atoms with Gasteiger partial charge >= 0.3 is 0 Å². The highest BCUT2D eigenvalue weighted by Gasteiger charge is 2.20. The second kappa shape index (κ2) is 6.95. The van der Waals surface area contributed by atoms with Crippen molar-refractivity contribution in [3.05, 3.63) is 23.2 Å². The molecule has 2 heterocycles.